The van der Waals surface area contributed by atoms with Crippen LogP contribution in [0.15, 0.2) is 47.6 Å². The van der Waals surface area contributed by atoms with Crippen molar-refractivity contribution in [2.75, 3.05) is 5.32 Å². The minimum absolute atomic E-state index is 0.271. The highest BCUT2D eigenvalue weighted by molar-refractivity contribution is 7.98. The topological polar surface area (TPSA) is 72.2 Å². The first-order valence-electron chi connectivity index (χ1n) is 9.20. The minimum atomic E-state index is -1.64. The number of halogens is 3. The molecular weight excluding hydrogens is 427 g/mol. The number of amides is 1. The van der Waals surface area contributed by atoms with Gasteiger partial charge in [0.25, 0.3) is 11.7 Å². The number of hydrogen-bond acceptors (Lipinski definition) is 5. The largest absolute Gasteiger partial charge is 0.319 e. The lowest BCUT2D eigenvalue weighted by atomic mass is 10.1. The highest BCUT2D eigenvalue weighted by atomic mass is 32.2. The van der Waals surface area contributed by atoms with E-state index in [0.29, 0.717) is 22.3 Å². The number of nitrogens with zero attached hydrogens (tertiary/aromatic N) is 4. The van der Waals surface area contributed by atoms with Gasteiger partial charge in [0.05, 0.1) is 5.69 Å². The monoisotopic (exact) mass is 443 g/mol. The molecule has 1 N–H and O–H groups in total. The number of nitrogens with one attached hydrogen (secondary N) is 1. The molecule has 10 heteroatoms. The number of anilines is 1. The Balaban J connectivity index is 1.54. The number of hydrogen-bond donors (Lipinski definition) is 1. The van der Waals surface area contributed by atoms with E-state index in [1.807, 2.05) is 19.9 Å². The lowest BCUT2D eigenvalue weighted by Gasteiger charge is -2.10. The van der Waals surface area contributed by atoms with Gasteiger partial charge in [-0.2, -0.15) is 4.98 Å². The molecule has 0 aliphatic rings. The van der Waals surface area contributed by atoms with Crippen molar-refractivity contribution in [1.29, 1.82) is 0 Å². The molecule has 0 saturated carbocycles. The van der Waals surface area contributed by atoms with Gasteiger partial charge in [0, 0.05) is 22.7 Å². The molecule has 0 aliphatic carbocycles. The van der Waals surface area contributed by atoms with Crippen molar-refractivity contribution >= 4 is 29.1 Å². The predicted octanol–water partition coefficient (Wildman–Crippen LogP) is 4.70. The van der Waals surface area contributed by atoms with Crippen LogP contribution in [0.25, 0.3) is 5.78 Å². The van der Waals surface area contributed by atoms with Crippen molar-refractivity contribution in [2.24, 2.45) is 0 Å². The lowest BCUT2D eigenvalue weighted by molar-refractivity contribution is 0.102. The molecule has 0 atom stereocenters. The van der Waals surface area contributed by atoms with Crippen LogP contribution < -0.4 is 5.32 Å². The van der Waals surface area contributed by atoms with E-state index in [-0.39, 0.29) is 5.56 Å². The van der Waals surface area contributed by atoms with Gasteiger partial charge in [0.2, 0.25) is 5.16 Å². The van der Waals surface area contributed by atoms with Crippen LogP contribution in [0.5, 0.6) is 0 Å². The van der Waals surface area contributed by atoms with Crippen LogP contribution in [0.4, 0.5) is 18.9 Å². The third-order valence-electron chi connectivity index (χ3n) is 4.50. The predicted molar refractivity (Wildman–Crippen MR) is 111 cm³/mol. The lowest BCUT2D eigenvalue weighted by Crippen LogP contribution is -2.15. The fourth-order valence-electron chi connectivity index (χ4n) is 3.03. The van der Waals surface area contributed by atoms with E-state index in [0.717, 1.165) is 23.5 Å². The zero-order valence-corrected chi connectivity index (χ0v) is 17.3. The number of aryl methyl sites for hydroxylation is 2. The summed E-state index contributed by atoms with van der Waals surface area (Å²) < 4.78 is 42.1. The van der Waals surface area contributed by atoms with Crippen LogP contribution in [0.1, 0.15) is 27.3 Å². The van der Waals surface area contributed by atoms with Crippen molar-refractivity contribution in [3.05, 3.63) is 82.4 Å². The van der Waals surface area contributed by atoms with Gasteiger partial charge >= 0.3 is 0 Å². The Hall–Kier alpha value is -3.40. The van der Waals surface area contributed by atoms with Crippen LogP contribution in [0, 0.1) is 31.3 Å². The zero-order valence-electron chi connectivity index (χ0n) is 16.5. The SMILES string of the molecule is Cc1cc(C)n2nc(SCc3ccccc3C(=O)Nc3ccc(F)c(F)c3F)nc2n1. The molecule has 0 fully saturated rings. The third kappa shape index (κ3) is 4.24. The number of rotatable bonds is 5. The zero-order chi connectivity index (χ0) is 22.1. The molecule has 4 rings (SSSR count). The highest BCUT2D eigenvalue weighted by Crippen LogP contribution is 2.25. The van der Waals surface area contributed by atoms with E-state index in [1.165, 1.54) is 11.8 Å². The van der Waals surface area contributed by atoms with Crippen LogP contribution in [-0.2, 0) is 5.75 Å². The minimum Gasteiger partial charge on any atom is -0.319 e. The molecule has 0 aliphatic heterocycles. The first kappa shape index (κ1) is 20.9. The Kier molecular flexibility index (Phi) is 5.64. The van der Waals surface area contributed by atoms with Crippen LogP contribution in [0.2, 0.25) is 0 Å². The second kappa shape index (κ2) is 8.38. The normalized spacial score (nSPS) is 11.1. The summed E-state index contributed by atoms with van der Waals surface area (Å²) in [7, 11) is 0. The first-order chi connectivity index (χ1) is 14.8. The summed E-state index contributed by atoms with van der Waals surface area (Å²) >= 11 is 1.31. The van der Waals surface area contributed by atoms with E-state index in [9.17, 15) is 18.0 Å². The molecule has 0 radical (unpaired) electrons. The number of thioether (sulfide) groups is 1. The van der Waals surface area contributed by atoms with Crippen LogP contribution in [-0.4, -0.2) is 25.5 Å². The van der Waals surface area contributed by atoms with Gasteiger partial charge in [0.15, 0.2) is 17.5 Å². The van der Waals surface area contributed by atoms with Crippen molar-refractivity contribution in [3.8, 4) is 0 Å². The van der Waals surface area contributed by atoms with E-state index < -0.39 is 29.0 Å². The molecule has 6 nitrogen and oxygen atoms in total. The van der Waals surface area contributed by atoms with Gasteiger partial charge in [-0.1, -0.05) is 30.0 Å². The van der Waals surface area contributed by atoms with Crippen LogP contribution >= 0.6 is 11.8 Å². The van der Waals surface area contributed by atoms with Gasteiger partial charge in [-0.05, 0) is 43.7 Å². The maximum atomic E-state index is 13.9. The van der Waals surface area contributed by atoms with Crippen molar-refractivity contribution in [2.45, 2.75) is 24.8 Å². The van der Waals surface area contributed by atoms with E-state index >= 15 is 0 Å². The second-order valence-electron chi connectivity index (χ2n) is 6.77. The Morgan fingerprint density at radius 3 is 2.65 bits per heavy atom. The quantitative estimate of drug-likeness (QED) is 0.358. The fourth-order valence-corrected chi connectivity index (χ4v) is 3.85. The third-order valence-corrected chi connectivity index (χ3v) is 5.39. The smallest absolute Gasteiger partial charge is 0.256 e. The van der Waals surface area contributed by atoms with Crippen LogP contribution in [0.3, 0.4) is 0 Å². The van der Waals surface area contributed by atoms with E-state index in [2.05, 4.69) is 20.4 Å². The van der Waals surface area contributed by atoms with Gasteiger partial charge in [-0.25, -0.2) is 22.7 Å². The van der Waals surface area contributed by atoms with Gasteiger partial charge in [-0.15, -0.1) is 5.10 Å². The molecule has 0 bridgehead atoms. The van der Waals surface area contributed by atoms with Gasteiger partial charge in [0.1, 0.15) is 0 Å². The van der Waals surface area contributed by atoms with Crippen molar-refractivity contribution in [3.63, 3.8) is 0 Å². The molecule has 31 heavy (non-hydrogen) atoms. The summed E-state index contributed by atoms with van der Waals surface area (Å²) in [5.74, 6) is -4.21. The maximum absolute atomic E-state index is 13.9. The molecule has 4 aromatic rings. The molecule has 2 aromatic heterocycles. The highest BCUT2D eigenvalue weighted by Gasteiger charge is 2.18. The summed E-state index contributed by atoms with van der Waals surface area (Å²) in [5, 5.41) is 7.20. The van der Waals surface area contributed by atoms with E-state index in [4.69, 9.17) is 0 Å². The van der Waals surface area contributed by atoms with Crippen molar-refractivity contribution < 1.29 is 18.0 Å². The number of benzene rings is 2. The summed E-state index contributed by atoms with van der Waals surface area (Å²) in [5.41, 5.74) is 2.21. The van der Waals surface area contributed by atoms with Gasteiger partial charge < -0.3 is 5.32 Å². The molecule has 2 heterocycles. The Morgan fingerprint density at radius 1 is 1.06 bits per heavy atom. The van der Waals surface area contributed by atoms with E-state index in [1.54, 1.807) is 28.8 Å². The first-order valence-corrected chi connectivity index (χ1v) is 10.2. The fraction of sp³-hybridized carbons (Fsp3) is 0.143. The number of carbonyl (C=O) groups is 1. The molecule has 1 amide bonds. The Bertz CT molecular complexity index is 1310. The molecule has 2 aromatic carbocycles. The summed E-state index contributed by atoms with van der Waals surface area (Å²) in [6, 6.07) is 10.3. The standard InChI is InChI=1S/C21H16F3N5OS/c1-11-9-12(2)29-20(25-11)27-21(28-29)31-10-13-5-3-4-6-14(13)19(30)26-16-8-7-15(22)17(23)18(16)24/h3-9H,10H2,1-2H3,(H,26,30). The Morgan fingerprint density at radius 2 is 1.84 bits per heavy atom. The summed E-state index contributed by atoms with van der Waals surface area (Å²) in [4.78, 5) is 21.4. The Labute approximate surface area is 179 Å². The van der Waals surface area contributed by atoms with Gasteiger partial charge in [-0.3, -0.25) is 4.79 Å². The average molecular weight is 443 g/mol. The maximum Gasteiger partial charge on any atom is 0.256 e. The molecular formula is C21H16F3N5OS. The summed E-state index contributed by atoms with van der Waals surface area (Å²) in [6.45, 7) is 3.78. The second-order valence-corrected chi connectivity index (χ2v) is 7.71. The number of fused-ring (bicyclic) bond motifs is 1. The molecule has 0 spiro atoms. The summed E-state index contributed by atoms with van der Waals surface area (Å²) in [6.07, 6.45) is 0. The molecule has 0 unspecified atom stereocenters. The molecule has 158 valence electrons. The van der Waals surface area contributed by atoms with Crippen molar-refractivity contribution in [1.82, 2.24) is 19.6 Å². The average Bonchev–Trinajstić information content (AvgIpc) is 3.16. The number of carbonyl (C=O) groups excluding carboxylic acids is 1. The molecule has 0 saturated heterocycles. The number of aromatic nitrogens is 4.